The Bertz CT molecular complexity index is 1410. The highest BCUT2D eigenvalue weighted by atomic mass is 32.2. The van der Waals surface area contributed by atoms with Crippen molar-refractivity contribution in [1.82, 2.24) is 10.2 Å². The minimum Gasteiger partial charge on any atom is -0.394 e. The van der Waals surface area contributed by atoms with Crippen LogP contribution in [0.4, 0.5) is 0 Å². The summed E-state index contributed by atoms with van der Waals surface area (Å²) in [5, 5.41) is 74.7. The highest BCUT2D eigenvalue weighted by Crippen LogP contribution is 2.37. The number of amides is 3. The Balaban J connectivity index is 1.11. The zero-order valence-corrected chi connectivity index (χ0v) is 36.5. The second kappa shape index (κ2) is 25.3. The first-order valence-electron chi connectivity index (χ1n) is 21.2. The maximum Gasteiger partial charge on any atom is 0.469 e. The lowest BCUT2D eigenvalue weighted by Gasteiger charge is -2.45. The Morgan fingerprint density at radius 2 is 1.41 bits per heavy atom. The van der Waals surface area contributed by atoms with Crippen LogP contribution in [0.1, 0.15) is 84.5 Å². The maximum atomic E-state index is 12.8. The molecule has 7 unspecified atom stereocenters. The number of rotatable bonds is 25. The van der Waals surface area contributed by atoms with Gasteiger partial charge in [-0.25, -0.2) is 4.57 Å². The lowest BCUT2D eigenvalue weighted by molar-refractivity contribution is -0.327. The van der Waals surface area contributed by atoms with Gasteiger partial charge in [0.05, 0.1) is 43.9 Å². The lowest BCUT2D eigenvalue weighted by atomic mass is 9.78. The first-order valence-corrected chi connectivity index (χ1v) is 23.8. The van der Waals surface area contributed by atoms with Crippen molar-refractivity contribution in [2.75, 3.05) is 45.3 Å². The molecular formula is C38H67N2O19PS. The Hall–Kier alpha value is -1.41. The third-order valence-corrected chi connectivity index (χ3v) is 13.5. The van der Waals surface area contributed by atoms with E-state index in [9.17, 15) is 54.7 Å². The van der Waals surface area contributed by atoms with E-state index >= 15 is 0 Å². The SMILES string of the molecule is CC1C[C@H](OCC2O[C@H](OCCNC(=O)CCCCCN3C(=O)CC(SCCCCCCOP(=O)(O)O)C3=O)C(O)[C@@H](O)[C@@H]2O)C(O[C@H]2OC(CO)[C@@H](O)[C@H](O)C2O)C[C@@H]1C. The topological polar surface area (TPSA) is 321 Å². The summed E-state index contributed by atoms with van der Waals surface area (Å²) < 4.78 is 44.3. The van der Waals surface area contributed by atoms with Gasteiger partial charge in [0.2, 0.25) is 17.7 Å². The fourth-order valence-electron chi connectivity index (χ4n) is 7.75. The van der Waals surface area contributed by atoms with Crippen LogP contribution in [-0.2, 0) is 47.2 Å². The van der Waals surface area contributed by atoms with Crippen molar-refractivity contribution in [3.05, 3.63) is 0 Å². The van der Waals surface area contributed by atoms with Crippen LogP contribution in [0.5, 0.6) is 0 Å². The molecular weight excluding hydrogens is 851 g/mol. The quantitative estimate of drug-likeness (QED) is 0.0288. The van der Waals surface area contributed by atoms with Crippen LogP contribution in [0.25, 0.3) is 0 Å². The number of phosphoric ester groups is 1. The van der Waals surface area contributed by atoms with Crippen LogP contribution in [0.15, 0.2) is 0 Å². The molecule has 0 aromatic heterocycles. The molecule has 3 saturated heterocycles. The number of carbonyl (C=O) groups excluding carboxylic acids is 3. The standard InChI is InChI=1S/C38H67N2O19PS/c1-21-16-23(24(17-22(21)2)57-38-35(49)32(46)30(44)25(19-41)58-38)55-20-26-31(45)33(47)34(48)37(59-26)54-14-11-39-28(42)10-6-5-7-12-40-29(43)18-27(36(40)50)61-15-9-4-3-8-13-56-60(51,52)53/h21-27,30-35,37-38,41,44-49H,3-20H2,1-2H3,(H,39,42)(H2,51,52,53)/t21?,22-,23-,24?,25?,26?,27?,30+,31+,32-,33-,34?,35?,37-,38-/m0/s1. The Labute approximate surface area is 360 Å². The molecule has 23 heteroatoms. The number of unbranched alkanes of at least 4 members (excludes halogenated alkanes) is 5. The molecule has 21 nitrogen and oxygen atoms in total. The molecule has 4 aliphatic rings. The molecule has 4 rings (SSSR count). The molecule has 3 aliphatic heterocycles. The number of carbonyl (C=O) groups is 3. The zero-order valence-electron chi connectivity index (χ0n) is 34.8. The largest absolute Gasteiger partial charge is 0.469 e. The molecule has 3 amide bonds. The van der Waals surface area contributed by atoms with Crippen molar-refractivity contribution < 1.29 is 92.7 Å². The number of hydrogen-bond donors (Lipinski definition) is 10. The molecule has 15 atom stereocenters. The number of imide groups is 1. The summed E-state index contributed by atoms with van der Waals surface area (Å²) in [4.78, 5) is 56.4. The molecule has 0 spiro atoms. The summed E-state index contributed by atoms with van der Waals surface area (Å²) in [5.41, 5.74) is 0. The van der Waals surface area contributed by atoms with Gasteiger partial charge >= 0.3 is 7.82 Å². The summed E-state index contributed by atoms with van der Waals surface area (Å²) in [6.07, 6.45) is -9.99. The summed E-state index contributed by atoms with van der Waals surface area (Å²) in [6, 6.07) is 0. The molecule has 61 heavy (non-hydrogen) atoms. The number of nitrogens with zero attached hydrogens (tertiary/aromatic N) is 1. The number of phosphoric acid groups is 1. The second-order valence-electron chi connectivity index (χ2n) is 16.4. The van der Waals surface area contributed by atoms with E-state index in [1.165, 1.54) is 16.7 Å². The number of aliphatic hydroxyl groups is 7. The van der Waals surface area contributed by atoms with Crippen LogP contribution in [0, 0.1) is 11.8 Å². The van der Waals surface area contributed by atoms with Crippen molar-refractivity contribution in [3.8, 4) is 0 Å². The van der Waals surface area contributed by atoms with Crippen molar-refractivity contribution >= 4 is 37.3 Å². The van der Waals surface area contributed by atoms with Crippen LogP contribution in [0.2, 0.25) is 0 Å². The summed E-state index contributed by atoms with van der Waals surface area (Å²) >= 11 is 1.43. The number of hydrogen-bond acceptors (Lipinski definition) is 18. The van der Waals surface area contributed by atoms with E-state index in [-0.39, 0.29) is 75.3 Å². The number of likely N-dealkylation sites (tertiary alicyclic amines) is 1. The predicted octanol–water partition coefficient (Wildman–Crippen LogP) is -1.35. The van der Waals surface area contributed by atoms with Gasteiger partial charge < -0.3 is 74.5 Å². The fraction of sp³-hybridized carbons (Fsp3) is 0.921. The van der Waals surface area contributed by atoms with Crippen molar-refractivity contribution in [3.63, 3.8) is 0 Å². The van der Waals surface area contributed by atoms with Crippen molar-refractivity contribution in [1.29, 1.82) is 0 Å². The van der Waals surface area contributed by atoms with Crippen molar-refractivity contribution in [2.45, 2.75) is 163 Å². The summed E-state index contributed by atoms with van der Waals surface area (Å²) in [6.45, 7) is 3.42. The van der Waals surface area contributed by atoms with E-state index in [1.807, 2.05) is 13.8 Å². The third kappa shape index (κ3) is 15.9. The molecule has 1 saturated carbocycles. The second-order valence-corrected chi connectivity index (χ2v) is 19.0. The first kappa shape index (κ1) is 52.2. The molecule has 3 heterocycles. The highest BCUT2D eigenvalue weighted by molar-refractivity contribution is 8.00. The summed E-state index contributed by atoms with van der Waals surface area (Å²) in [7, 11) is -4.45. The van der Waals surface area contributed by atoms with Gasteiger partial charge in [-0.15, -0.1) is 11.8 Å². The van der Waals surface area contributed by atoms with Crippen LogP contribution < -0.4 is 5.32 Å². The molecule has 1 aliphatic carbocycles. The van der Waals surface area contributed by atoms with Crippen LogP contribution in [0.3, 0.4) is 0 Å². The Morgan fingerprint density at radius 1 is 0.787 bits per heavy atom. The summed E-state index contributed by atoms with van der Waals surface area (Å²) in [5.74, 6) is 0.363. The van der Waals surface area contributed by atoms with Gasteiger partial charge in [0, 0.05) is 25.9 Å². The van der Waals surface area contributed by atoms with E-state index in [1.54, 1.807) is 0 Å². The van der Waals surface area contributed by atoms with Crippen LogP contribution in [-0.4, -0.2) is 192 Å². The molecule has 4 fully saturated rings. The molecule has 0 aromatic carbocycles. The lowest BCUT2D eigenvalue weighted by Crippen LogP contribution is -2.61. The van der Waals surface area contributed by atoms with Gasteiger partial charge in [0.15, 0.2) is 12.6 Å². The van der Waals surface area contributed by atoms with Gasteiger partial charge in [0.25, 0.3) is 0 Å². The number of aliphatic hydroxyl groups excluding tert-OH is 7. The minimum atomic E-state index is -4.45. The number of thioether (sulfide) groups is 1. The third-order valence-electron chi connectivity index (χ3n) is 11.7. The molecule has 0 bridgehead atoms. The Kier molecular flexibility index (Phi) is 21.7. The van der Waals surface area contributed by atoms with Gasteiger partial charge in [-0.2, -0.15) is 0 Å². The molecule has 0 aromatic rings. The van der Waals surface area contributed by atoms with Crippen LogP contribution >= 0.6 is 19.6 Å². The highest BCUT2D eigenvalue weighted by Gasteiger charge is 2.48. The number of nitrogens with one attached hydrogen (secondary N) is 1. The normalized spacial score (nSPS) is 36.1. The van der Waals surface area contributed by atoms with E-state index in [0.29, 0.717) is 44.3 Å². The molecule has 354 valence electrons. The van der Waals surface area contributed by atoms with Gasteiger partial charge in [-0.05, 0) is 56.1 Å². The fourth-order valence-corrected chi connectivity index (χ4v) is 9.31. The van der Waals surface area contributed by atoms with Gasteiger partial charge in [0.1, 0.15) is 48.8 Å². The first-order chi connectivity index (χ1) is 28.9. The molecule has 0 radical (unpaired) electrons. The maximum absolute atomic E-state index is 12.8. The van der Waals surface area contributed by atoms with E-state index in [4.69, 9.17) is 33.5 Å². The average Bonchev–Trinajstić information content (AvgIpc) is 3.48. The average molecular weight is 919 g/mol. The van der Waals surface area contributed by atoms with Gasteiger partial charge in [-0.1, -0.05) is 33.1 Å². The smallest absolute Gasteiger partial charge is 0.394 e. The Morgan fingerprint density at radius 3 is 2.10 bits per heavy atom. The van der Waals surface area contributed by atoms with Gasteiger partial charge in [-0.3, -0.25) is 23.8 Å². The minimum absolute atomic E-state index is 0.0213. The zero-order chi connectivity index (χ0) is 44.9. The monoisotopic (exact) mass is 918 g/mol. The predicted molar refractivity (Wildman–Crippen MR) is 214 cm³/mol. The van der Waals surface area contributed by atoms with E-state index in [2.05, 4.69) is 9.84 Å². The van der Waals surface area contributed by atoms with Crippen molar-refractivity contribution in [2.24, 2.45) is 11.8 Å². The number of ether oxygens (including phenoxy) is 5. The van der Waals surface area contributed by atoms with E-state index in [0.717, 1.165) is 19.3 Å². The van der Waals surface area contributed by atoms with E-state index < -0.39 is 93.3 Å². The molecule has 10 N–H and O–H groups in total.